The van der Waals surface area contributed by atoms with Gasteiger partial charge in [0.05, 0.1) is 5.92 Å². The molecule has 0 radical (unpaired) electrons. The molecule has 0 aliphatic carbocycles. The Morgan fingerprint density at radius 1 is 0.750 bits per heavy atom. The van der Waals surface area contributed by atoms with E-state index in [4.69, 9.17) is 5.11 Å². The maximum Gasteiger partial charge on any atom is 0.306 e. The van der Waals surface area contributed by atoms with Crippen LogP contribution in [-0.2, 0) is 4.79 Å². The lowest BCUT2D eigenvalue weighted by Crippen LogP contribution is -2.11. The van der Waals surface area contributed by atoms with Crippen molar-refractivity contribution in [2.75, 3.05) is 0 Å². The number of hydrogen-bond donors (Lipinski definition) is 1. The maximum atomic E-state index is 10.9. The molecule has 0 aromatic heterocycles. The lowest BCUT2D eigenvalue weighted by Gasteiger charge is -2.06. The van der Waals surface area contributed by atoms with Gasteiger partial charge in [0, 0.05) is 0 Å². The van der Waals surface area contributed by atoms with Crippen LogP contribution in [0, 0.1) is 5.92 Å². The molecule has 0 aromatic carbocycles. The van der Waals surface area contributed by atoms with E-state index in [-0.39, 0.29) is 5.92 Å². The van der Waals surface area contributed by atoms with Gasteiger partial charge in [0.1, 0.15) is 0 Å². The van der Waals surface area contributed by atoms with Gasteiger partial charge in [0.25, 0.3) is 0 Å². The minimum Gasteiger partial charge on any atom is -0.481 e. The molecule has 2 nitrogen and oxygen atoms in total. The van der Waals surface area contributed by atoms with Crippen LogP contribution in [0.2, 0.25) is 0 Å². The van der Waals surface area contributed by atoms with E-state index in [1.807, 2.05) is 6.92 Å². The number of carboxylic acids is 1. The maximum absolute atomic E-state index is 10.9. The summed E-state index contributed by atoms with van der Waals surface area (Å²) >= 11 is 0. The van der Waals surface area contributed by atoms with Crippen LogP contribution in [0.15, 0.2) is 60.8 Å². The van der Waals surface area contributed by atoms with E-state index in [1.54, 1.807) is 0 Å². The quantitative estimate of drug-likeness (QED) is 0.363. The van der Waals surface area contributed by atoms with Gasteiger partial charge in [-0.15, -0.1) is 0 Å². The van der Waals surface area contributed by atoms with Gasteiger partial charge in [-0.05, 0) is 51.4 Å². The van der Waals surface area contributed by atoms with E-state index in [0.29, 0.717) is 6.42 Å². The summed E-state index contributed by atoms with van der Waals surface area (Å²) in [4.78, 5) is 10.9. The van der Waals surface area contributed by atoms with E-state index in [0.717, 1.165) is 44.9 Å². The number of allylic oxidation sites excluding steroid dienone is 10. The lowest BCUT2D eigenvalue weighted by molar-refractivity contribution is -0.142. The Morgan fingerprint density at radius 2 is 1.17 bits per heavy atom. The van der Waals surface area contributed by atoms with Crippen LogP contribution in [-0.4, -0.2) is 11.1 Å². The molecule has 0 fully saturated rings. The average molecular weight is 331 g/mol. The molecule has 0 aliphatic heterocycles. The molecule has 0 amide bonds. The Morgan fingerprint density at radius 3 is 1.54 bits per heavy atom. The predicted octanol–water partition coefficient (Wildman–Crippen LogP) is 6.63. The first-order valence-electron chi connectivity index (χ1n) is 9.20. The fraction of sp³-hybridized carbons (Fsp3) is 0.500. The highest BCUT2D eigenvalue weighted by Crippen LogP contribution is 2.11. The van der Waals surface area contributed by atoms with Gasteiger partial charge in [0.2, 0.25) is 0 Å². The summed E-state index contributed by atoms with van der Waals surface area (Å²) in [7, 11) is 0. The molecule has 0 aromatic rings. The van der Waals surface area contributed by atoms with E-state index < -0.39 is 5.97 Å². The third-order valence-corrected chi connectivity index (χ3v) is 3.68. The molecule has 0 aliphatic rings. The number of hydrogen-bond acceptors (Lipinski definition) is 1. The second-order valence-corrected chi connectivity index (χ2v) is 5.73. The summed E-state index contributed by atoms with van der Waals surface area (Å²) in [6, 6.07) is 0. The molecule has 24 heavy (non-hydrogen) atoms. The van der Waals surface area contributed by atoms with E-state index in [1.165, 1.54) is 0 Å². The van der Waals surface area contributed by atoms with Crippen molar-refractivity contribution < 1.29 is 9.90 Å². The van der Waals surface area contributed by atoms with Gasteiger partial charge in [-0.1, -0.05) is 74.6 Å². The summed E-state index contributed by atoms with van der Waals surface area (Å²) < 4.78 is 0. The van der Waals surface area contributed by atoms with Crippen LogP contribution in [0.4, 0.5) is 0 Å². The normalized spacial score (nSPS) is 14.1. The van der Waals surface area contributed by atoms with Crippen LogP contribution < -0.4 is 0 Å². The SMILES string of the molecule is CC/C=C\C/C=C\C/C=C\C/C=C\C/C=C\CCC(CC)C(=O)O. The second-order valence-electron chi connectivity index (χ2n) is 5.73. The fourth-order valence-corrected chi connectivity index (χ4v) is 2.17. The largest absolute Gasteiger partial charge is 0.481 e. The van der Waals surface area contributed by atoms with Crippen molar-refractivity contribution >= 4 is 5.97 Å². The molecule has 0 bridgehead atoms. The molecule has 0 rings (SSSR count). The minimum absolute atomic E-state index is 0.202. The van der Waals surface area contributed by atoms with Crippen molar-refractivity contribution in [1.29, 1.82) is 0 Å². The third-order valence-electron chi connectivity index (χ3n) is 3.68. The summed E-state index contributed by atoms with van der Waals surface area (Å²) in [5.74, 6) is -0.878. The van der Waals surface area contributed by atoms with Crippen LogP contribution in [0.5, 0.6) is 0 Å². The van der Waals surface area contributed by atoms with Crippen molar-refractivity contribution in [1.82, 2.24) is 0 Å². The Labute approximate surface area is 148 Å². The minimum atomic E-state index is -0.676. The summed E-state index contributed by atoms with van der Waals surface area (Å²) in [6.45, 7) is 4.07. The average Bonchev–Trinajstić information content (AvgIpc) is 2.57. The monoisotopic (exact) mass is 330 g/mol. The zero-order chi connectivity index (χ0) is 17.9. The predicted molar refractivity (Wildman–Crippen MR) is 105 cm³/mol. The first kappa shape index (κ1) is 22.2. The molecule has 1 N–H and O–H groups in total. The van der Waals surface area contributed by atoms with E-state index >= 15 is 0 Å². The molecule has 0 spiro atoms. The Hall–Kier alpha value is -1.83. The van der Waals surface area contributed by atoms with E-state index in [2.05, 4.69) is 67.7 Å². The summed E-state index contributed by atoms with van der Waals surface area (Å²) in [5.41, 5.74) is 0. The van der Waals surface area contributed by atoms with Crippen molar-refractivity contribution in [3.63, 3.8) is 0 Å². The topological polar surface area (TPSA) is 37.3 Å². The molecule has 0 heterocycles. The smallest absolute Gasteiger partial charge is 0.306 e. The number of rotatable bonds is 14. The van der Waals surface area contributed by atoms with Crippen LogP contribution in [0.3, 0.4) is 0 Å². The highest BCUT2D eigenvalue weighted by molar-refractivity contribution is 5.69. The van der Waals surface area contributed by atoms with Gasteiger partial charge in [-0.2, -0.15) is 0 Å². The zero-order valence-corrected chi connectivity index (χ0v) is 15.4. The number of aliphatic carboxylic acids is 1. The Bertz CT molecular complexity index is 439. The molecule has 2 heteroatoms. The van der Waals surface area contributed by atoms with Crippen LogP contribution in [0.25, 0.3) is 0 Å². The first-order chi connectivity index (χ1) is 11.7. The first-order valence-corrected chi connectivity index (χ1v) is 9.20. The molecular formula is C22H34O2. The molecule has 0 saturated heterocycles. The van der Waals surface area contributed by atoms with Gasteiger partial charge in [0.15, 0.2) is 0 Å². The van der Waals surface area contributed by atoms with Gasteiger partial charge >= 0.3 is 5.97 Å². The van der Waals surface area contributed by atoms with Crippen molar-refractivity contribution in [2.24, 2.45) is 5.92 Å². The summed E-state index contributed by atoms with van der Waals surface area (Å²) in [6.07, 6.45) is 29.0. The highest BCUT2D eigenvalue weighted by Gasteiger charge is 2.12. The Balaban J connectivity index is 3.61. The summed E-state index contributed by atoms with van der Waals surface area (Å²) in [5, 5.41) is 8.95. The molecular weight excluding hydrogens is 296 g/mol. The van der Waals surface area contributed by atoms with Crippen molar-refractivity contribution in [3.05, 3.63) is 60.8 Å². The fourth-order valence-electron chi connectivity index (χ4n) is 2.17. The van der Waals surface area contributed by atoms with Gasteiger partial charge < -0.3 is 5.11 Å². The standard InChI is InChI=1S/C22H34O2/c1-3-5-6-7-8-9-10-11-12-13-14-15-16-17-18-19-20-21(4-2)22(23)24/h5-6,8-9,11-12,14-15,17-18,21H,3-4,7,10,13,16,19-20H2,1-2H3,(H,23,24)/b6-5-,9-8-,12-11-,15-14-,18-17-. The molecule has 134 valence electrons. The highest BCUT2D eigenvalue weighted by atomic mass is 16.4. The van der Waals surface area contributed by atoms with Crippen LogP contribution in [0.1, 0.15) is 65.2 Å². The lowest BCUT2D eigenvalue weighted by atomic mass is 10.0. The third kappa shape index (κ3) is 15.1. The molecule has 1 atom stereocenters. The van der Waals surface area contributed by atoms with Crippen LogP contribution >= 0.6 is 0 Å². The second kappa shape index (κ2) is 17.5. The number of carbonyl (C=O) groups is 1. The Kier molecular flexibility index (Phi) is 16.2. The molecule has 0 saturated carbocycles. The van der Waals surface area contributed by atoms with Crippen molar-refractivity contribution in [3.8, 4) is 0 Å². The zero-order valence-electron chi connectivity index (χ0n) is 15.4. The number of carboxylic acid groups (broad SMARTS) is 1. The van der Waals surface area contributed by atoms with Gasteiger partial charge in [-0.3, -0.25) is 4.79 Å². The molecule has 1 unspecified atom stereocenters. The van der Waals surface area contributed by atoms with E-state index in [9.17, 15) is 4.79 Å². The van der Waals surface area contributed by atoms with Gasteiger partial charge in [-0.25, -0.2) is 0 Å². The van der Waals surface area contributed by atoms with Crippen molar-refractivity contribution in [2.45, 2.75) is 65.2 Å².